The zero-order valence-electron chi connectivity index (χ0n) is 27.6. The van der Waals surface area contributed by atoms with E-state index >= 15 is 0 Å². The van der Waals surface area contributed by atoms with E-state index < -0.39 is 34.8 Å². The first-order valence-corrected chi connectivity index (χ1v) is 30.3. The number of nitrogens with zero attached hydrogens (tertiary/aromatic N) is 1. The van der Waals surface area contributed by atoms with Gasteiger partial charge in [-0.3, -0.25) is 0 Å². The molecule has 0 aromatic heterocycles. The number of rotatable bonds is 18. The van der Waals surface area contributed by atoms with Gasteiger partial charge in [-0.2, -0.15) is 0 Å². The molecule has 0 spiro atoms. The molecule has 0 unspecified atom stereocenters. The van der Waals surface area contributed by atoms with Gasteiger partial charge in [-0.15, -0.1) is 0 Å². The van der Waals surface area contributed by atoms with Crippen LogP contribution >= 0.6 is 0 Å². The van der Waals surface area contributed by atoms with Gasteiger partial charge in [0.1, 0.15) is 0 Å². The molecule has 0 radical (unpaired) electrons. The van der Waals surface area contributed by atoms with Gasteiger partial charge in [0.05, 0.1) is 0 Å². The van der Waals surface area contributed by atoms with Gasteiger partial charge in [0, 0.05) is 0 Å². The predicted molar refractivity (Wildman–Crippen MR) is 178 cm³/mol. The summed E-state index contributed by atoms with van der Waals surface area (Å²) in [4.78, 5) is 15.6. The molecule has 0 aliphatic carbocycles. The summed E-state index contributed by atoms with van der Waals surface area (Å²) in [5.74, 6) is 0.187. The number of β-lactam (4-membered cyclic amide) rings is 1. The molecule has 1 amide bonds. The Labute approximate surface area is 244 Å². The van der Waals surface area contributed by atoms with Crippen molar-refractivity contribution in [1.29, 1.82) is 0 Å². The maximum absolute atomic E-state index is 13.5. The van der Waals surface area contributed by atoms with Crippen LogP contribution in [0.2, 0.25) is 55.5 Å². The summed E-state index contributed by atoms with van der Waals surface area (Å²) in [7, 11) is -3.52. The number of allylic oxidation sites excluding steroid dienone is 1. The molecule has 1 fully saturated rings. The Balaban J connectivity index is 3.50. The average Bonchev–Trinajstić information content (AvgIpc) is 2.80. The molecule has 0 aromatic carbocycles. The van der Waals surface area contributed by atoms with Crippen LogP contribution in [0, 0.1) is 5.92 Å². The Morgan fingerprint density at radius 1 is 1.00 bits per heavy atom. The van der Waals surface area contributed by atoms with Crippen LogP contribution in [0.5, 0.6) is 0 Å². The van der Waals surface area contributed by atoms with E-state index in [4.69, 9.17) is 4.43 Å². The quantitative estimate of drug-likeness (QED) is 0.0826. The Morgan fingerprint density at radius 2 is 1.47 bits per heavy atom. The van der Waals surface area contributed by atoms with Gasteiger partial charge < -0.3 is 0 Å². The van der Waals surface area contributed by atoms with Crippen LogP contribution in [0.15, 0.2) is 23.9 Å². The first kappa shape index (κ1) is 36.2. The molecule has 1 heterocycles. The van der Waals surface area contributed by atoms with Crippen molar-refractivity contribution in [3.63, 3.8) is 0 Å². The van der Waals surface area contributed by atoms with Crippen molar-refractivity contribution in [1.82, 2.24) is 4.90 Å². The molecule has 0 saturated carbocycles. The van der Waals surface area contributed by atoms with Crippen molar-refractivity contribution < 1.29 is 9.22 Å². The molecule has 38 heavy (non-hydrogen) atoms. The topological polar surface area (TPSA) is 29.5 Å². The molecule has 0 bridgehead atoms. The van der Waals surface area contributed by atoms with Crippen molar-refractivity contribution >= 4 is 40.7 Å². The van der Waals surface area contributed by atoms with E-state index in [0.717, 1.165) is 0 Å². The standard InChI is InChI=1S/C20H38NO2Si2.3C4H9.Sn/c1-12-13-21-17(14-15(2)24(7,8)9)18(19(21)22)16(3)23-25(10,11)20(4,5)6;3*1-3-4-2;/h12,14,16-18H,1-2,13H2,3-11H3;3*1,3-4H2,2H3;/b15-14+;;;;/t16-,17-,18-;;;;/m1..../s1. The van der Waals surface area contributed by atoms with E-state index in [-0.39, 0.29) is 29.0 Å². The second-order valence-corrected chi connectivity index (χ2v) is 38.6. The molecular weight excluding hydrogens is 605 g/mol. The number of hydrogen-bond donors (Lipinski definition) is 0. The van der Waals surface area contributed by atoms with Gasteiger partial charge in [0.15, 0.2) is 0 Å². The number of likely N-dealkylation sites (tertiary alicyclic amines) is 1. The average molecular weight is 671 g/mol. The fourth-order valence-corrected chi connectivity index (χ4v) is 31.2. The van der Waals surface area contributed by atoms with Crippen LogP contribution < -0.4 is 0 Å². The van der Waals surface area contributed by atoms with Crippen molar-refractivity contribution in [2.75, 3.05) is 6.54 Å². The second kappa shape index (κ2) is 15.4. The van der Waals surface area contributed by atoms with E-state index in [1.54, 1.807) is 18.5 Å². The minimum absolute atomic E-state index is 0.0536. The minimum atomic E-state index is -2.38. The summed E-state index contributed by atoms with van der Waals surface area (Å²) in [6, 6.07) is 0.148. The molecule has 0 aromatic rings. The summed E-state index contributed by atoms with van der Waals surface area (Å²) in [5.41, 5.74) is 0. The fraction of sp³-hybridized carbons (Fsp3) is 0.844. The maximum atomic E-state index is 13.5. The molecule has 3 nitrogen and oxygen atoms in total. The molecule has 1 rings (SSSR count). The van der Waals surface area contributed by atoms with Crippen LogP contribution in [0.1, 0.15) is 87.0 Å². The van der Waals surface area contributed by atoms with Crippen molar-refractivity contribution in [3.8, 4) is 0 Å². The summed E-state index contributed by atoms with van der Waals surface area (Å²) in [6.07, 6.45) is 12.6. The third-order valence-electron chi connectivity index (χ3n) is 9.50. The van der Waals surface area contributed by atoms with Crippen molar-refractivity contribution in [2.45, 2.75) is 155 Å². The Morgan fingerprint density at radius 3 is 1.84 bits per heavy atom. The monoisotopic (exact) mass is 671 g/mol. The Kier molecular flexibility index (Phi) is 14.7. The first-order chi connectivity index (χ1) is 17.5. The van der Waals surface area contributed by atoms with Crippen LogP contribution in [0.3, 0.4) is 0 Å². The molecule has 6 heteroatoms. The molecule has 1 aliphatic heterocycles. The predicted octanol–water partition coefficient (Wildman–Crippen LogP) is 10.1. The van der Waals surface area contributed by atoms with Gasteiger partial charge >= 0.3 is 246 Å². The molecule has 3 atom stereocenters. The van der Waals surface area contributed by atoms with Gasteiger partial charge in [0.2, 0.25) is 0 Å². The van der Waals surface area contributed by atoms with E-state index in [2.05, 4.69) is 98.8 Å². The van der Waals surface area contributed by atoms with Crippen LogP contribution in [-0.4, -0.2) is 64.3 Å². The van der Waals surface area contributed by atoms with Crippen molar-refractivity contribution in [3.05, 3.63) is 23.9 Å². The van der Waals surface area contributed by atoms with Gasteiger partial charge in [0.25, 0.3) is 0 Å². The Bertz CT molecular complexity index is 760. The number of hydrogen-bond acceptors (Lipinski definition) is 2. The van der Waals surface area contributed by atoms with Crippen LogP contribution in [-0.2, 0) is 9.22 Å². The third-order valence-corrected chi connectivity index (χ3v) is 32.7. The second-order valence-electron chi connectivity index (χ2n) is 14.8. The van der Waals surface area contributed by atoms with Crippen LogP contribution in [0.4, 0.5) is 0 Å². The zero-order chi connectivity index (χ0) is 29.4. The number of amides is 1. The first-order valence-electron chi connectivity index (χ1n) is 15.8. The van der Waals surface area contributed by atoms with Gasteiger partial charge in [-0.1, -0.05) is 0 Å². The van der Waals surface area contributed by atoms with E-state index in [0.29, 0.717) is 6.54 Å². The molecular formula is C32H65NO2Si2Sn. The zero-order valence-corrected chi connectivity index (χ0v) is 32.5. The van der Waals surface area contributed by atoms with Crippen LogP contribution in [0.25, 0.3) is 0 Å². The van der Waals surface area contributed by atoms with E-state index in [1.165, 1.54) is 43.0 Å². The molecule has 1 aliphatic rings. The normalized spacial score (nSPS) is 20.5. The summed E-state index contributed by atoms with van der Waals surface area (Å²) in [6.45, 7) is 33.0. The van der Waals surface area contributed by atoms with Gasteiger partial charge in [-0.25, -0.2) is 0 Å². The summed E-state index contributed by atoms with van der Waals surface area (Å²) >= 11 is -2.38. The molecule has 1 saturated heterocycles. The van der Waals surface area contributed by atoms with E-state index in [9.17, 15) is 4.79 Å². The Hall–Kier alpha value is 0.142. The summed E-state index contributed by atoms with van der Waals surface area (Å²) < 4.78 is 12.9. The third kappa shape index (κ3) is 9.90. The molecule has 222 valence electrons. The van der Waals surface area contributed by atoms with Crippen molar-refractivity contribution in [2.24, 2.45) is 5.92 Å². The fourth-order valence-electron chi connectivity index (χ4n) is 5.81. The van der Waals surface area contributed by atoms with Gasteiger partial charge in [-0.05, 0) is 0 Å². The molecule has 0 N–H and O–H groups in total. The van der Waals surface area contributed by atoms with E-state index in [1.807, 2.05) is 6.08 Å². The number of carbonyl (C=O) groups excluding carboxylic acids is 1. The number of carbonyl (C=O) groups is 1. The SMILES string of the molecule is C=CCN1C(=O)[C@H]([C@@H](C)O[Si](C)(C)C(C)(C)C)[C@H]1/C=C(\[CH2][Sn]([CH2]CCC)([CH2]CCC)[CH2]CCC)[Si](C)(C)C. The summed E-state index contributed by atoms with van der Waals surface area (Å²) in [5, 5.41) is 1.89. The number of unbranched alkanes of at least 4 members (excludes halogenated alkanes) is 3.